The van der Waals surface area contributed by atoms with Gasteiger partial charge in [0.05, 0.1) is 30.9 Å². The van der Waals surface area contributed by atoms with E-state index in [9.17, 15) is 4.79 Å². The summed E-state index contributed by atoms with van der Waals surface area (Å²) in [5.41, 5.74) is 1.66. The standard InChI is InChI=1S/C26H23NO4S2/c1-29-21-11-6-13-23(18-21)31-15-7-14-30-22-12-5-8-19(16-22)17-24-25(28)27(26(32)33-24)20-9-3-2-4-10-20/h2-6,8-13,16-18H,7,14-15H2,1H3/b24-17+. The van der Waals surface area contributed by atoms with Gasteiger partial charge >= 0.3 is 0 Å². The number of carbonyl (C=O) groups excluding carboxylic acids is 1. The zero-order chi connectivity index (χ0) is 23.0. The fraction of sp³-hybridized carbons (Fsp3) is 0.154. The molecule has 0 saturated carbocycles. The zero-order valence-electron chi connectivity index (χ0n) is 18.1. The van der Waals surface area contributed by atoms with E-state index < -0.39 is 0 Å². The van der Waals surface area contributed by atoms with Gasteiger partial charge in [-0.3, -0.25) is 9.69 Å². The number of benzene rings is 3. The van der Waals surface area contributed by atoms with Crippen LogP contribution in [0.3, 0.4) is 0 Å². The minimum absolute atomic E-state index is 0.114. The van der Waals surface area contributed by atoms with E-state index in [2.05, 4.69) is 0 Å². The molecule has 3 aromatic carbocycles. The van der Waals surface area contributed by atoms with Crippen molar-refractivity contribution in [2.75, 3.05) is 25.2 Å². The van der Waals surface area contributed by atoms with Crippen LogP contribution in [0.1, 0.15) is 12.0 Å². The van der Waals surface area contributed by atoms with Gasteiger partial charge in [-0.25, -0.2) is 0 Å². The van der Waals surface area contributed by atoms with Crippen LogP contribution >= 0.6 is 24.0 Å². The van der Waals surface area contributed by atoms with E-state index in [0.29, 0.717) is 22.4 Å². The average molecular weight is 478 g/mol. The Morgan fingerprint density at radius 2 is 1.55 bits per heavy atom. The molecule has 0 aliphatic carbocycles. The molecular formula is C26H23NO4S2. The first-order valence-electron chi connectivity index (χ1n) is 10.5. The van der Waals surface area contributed by atoms with Crippen LogP contribution in [0.4, 0.5) is 5.69 Å². The summed E-state index contributed by atoms with van der Waals surface area (Å²) in [6.07, 6.45) is 2.58. The highest BCUT2D eigenvalue weighted by Gasteiger charge is 2.33. The lowest BCUT2D eigenvalue weighted by molar-refractivity contribution is -0.113. The Morgan fingerprint density at radius 3 is 2.27 bits per heavy atom. The quantitative estimate of drug-likeness (QED) is 0.216. The van der Waals surface area contributed by atoms with Crippen LogP contribution in [0.15, 0.2) is 83.8 Å². The largest absolute Gasteiger partial charge is 0.497 e. The molecular weight excluding hydrogens is 454 g/mol. The van der Waals surface area contributed by atoms with Gasteiger partial charge in [-0.05, 0) is 48.0 Å². The molecule has 1 fully saturated rings. The van der Waals surface area contributed by atoms with Crippen molar-refractivity contribution in [1.82, 2.24) is 0 Å². The van der Waals surface area contributed by atoms with Crippen molar-refractivity contribution in [2.45, 2.75) is 6.42 Å². The Kier molecular flexibility index (Phi) is 7.65. The lowest BCUT2D eigenvalue weighted by Crippen LogP contribution is -2.27. The molecule has 1 amide bonds. The van der Waals surface area contributed by atoms with Crippen molar-refractivity contribution >= 4 is 46.0 Å². The first kappa shape index (κ1) is 22.9. The van der Waals surface area contributed by atoms with Crippen LogP contribution in [-0.4, -0.2) is 30.6 Å². The summed E-state index contributed by atoms with van der Waals surface area (Å²) in [4.78, 5) is 15.1. The van der Waals surface area contributed by atoms with Gasteiger partial charge in [0.2, 0.25) is 0 Å². The number of thiocarbonyl (C=S) groups is 1. The second-order valence-corrected chi connectivity index (χ2v) is 8.83. The summed E-state index contributed by atoms with van der Waals surface area (Å²) < 4.78 is 17.3. The van der Waals surface area contributed by atoms with E-state index in [4.69, 9.17) is 26.4 Å². The van der Waals surface area contributed by atoms with E-state index in [1.807, 2.05) is 84.9 Å². The predicted molar refractivity (Wildman–Crippen MR) is 137 cm³/mol. The third-order valence-corrected chi connectivity index (χ3v) is 6.13. The summed E-state index contributed by atoms with van der Waals surface area (Å²) in [5, 5.41) is 0. The van der Waals surface area contributed by atoms with Crippen molar-refractivity contribution in [2.24, 2.45) is 0 Å². The van der Waals surface area contributed by atoms with E-state index in [-0.39, 0.29) is 5.91 Å². The molecule has 1 saturated heterocycles. The minimum Gasteiger partial charge on any atom is -0.497 e. The maximum Gasteiger partial charge on any atom is 0.270 e. The lowest BCUT2D eigenvalue weighted by Gasteiger charge is -2.13. The molecule has 0 radical (unpaired) electrons. The van der Waals surface area contributed by atoms with Gasteiger partial charge < -0.3 is 14.2 Å². The number of hydrogen-bond donors (Lipinski definition) is 0. The van der Waals surface area contributed by atoms with Gasteiger partial charge in [0.25, 0.3) is 5.91 Å². The molecule has 0 atom stereocenters. The van der Waals surface area contributed by atoms with E-state index in [1.165, 1.54) is 11.8 Å². The first-order chi connectivity index (χ1) is 16.1. The number of para-hydroxylation sites is 1. The van der Waals surface area contributed by atoms with Crippen molar-refractivity contribution in [3.05, 3.63) is 89.3 Å². The molecule has 1 heterocycles. The maximum atomic E-state index is 12.9. The summed E-state index contributed by atoms with van der Waals surface area (Å²) in [6, 6.07) is 24.6. The maximum absolute atomic E-state index is 12.9. The van der Waals surface area contributed by atoms with E-state index in [1.54, 1.807) is 12.0 Å². The molecule has 0 N–H and O–H groups in total. The first-order valence-corrected chi connectivity index (χ1v) is 11.7. The van der Waals surface area contributed by atoms with Crippen LogP contribution in [0, 0.1) is 0 Å². The second kappa shape index (κ2) is 11.0. The molecule has 3 aromatic rings. The Labute approximate surface area is 203 Å². The Hall–Kier alpha value is -3.29. The van der Waals surface area contributed by atoms with Crippen LogP contribution < -0.4 is 19.1 Å². The van der Waals surface area contributed by atoms with Crippen LogP contribution in [0.25, 0.3) is 6.08 Å². The molecule has 33 heavy (non-hydrogen) atoms. The molecule has 0 spiro atoms. The fourth-order valence-corrected chi connectivity index (χ4v) is 4.54. The highest BCUT2D eigenvalue weighted by Crippen LogP contribution is 2.36. The lowest BCUT2D eigenvalue weighted by atomic mass is 10.2. The van der Waals surface area contributed by atoms with Crippen molar-refractivity contribution in [3.63, 3.8) is 0 Å². The average Bonchev–Trinajstić information content (AvgIpc) is 3.12. The van der Waals surface area contributed by atoms with Crippen LogP contribution in [0.5, 0.6) is 17.2 Å². The van der Waals surface area contributed by atoms with Crippen LogP contribution in [-0.2, 0) is 4.79 Å². The van der Waals surface area contributed by atoms with E-state index in [0.717, 1.165) is 34.9 Å². The number of carbonyl (C=O) groups is 1. The molecule has 1 aliphatic heterocycles. The number of methoxy groups -OCH3 is 1. The number of thioether (sulfide) groups is 1. The van der Waals surface area contributed by atoms with Gasteiger partial charge in [0.1, 0.15) is 17.2 Å². The van der Waals surface area contributed by atoms with Crippen molar-refractivity contribution < 1.29 is 19.0 Å². The van der Waals surface area contributed by atoms with Crippen molar-refractivity contribution in [1.29, 1.82) is 0 Å². The van der Waals surface area contributed by atoms with Gasteiger partial charge in [0, 0.05) is 12.5 Å². The monoisotopic (exact) mass is 477 g/mol. The van der Waals surface area contributed by atoms with Gasteiger partial charge in [-0.2, -0.15) is 0 Å². The Bertz CT molecular complexity index is 1160. The highest BCUT2D eigenvalue weighted by molar-refractivity contribution is 8.27. The highest BCUT2D eigenvalue weighted by atomic mass is 32.2. The van der Waals surface area contributed by atoms with Gasteiger partial charge in [-0.15, -0.1) is 0 Å². The third-order valence-electron chi connectivity index (χ3n) is 4.83. The number of nitrogens with zero attached hydrogens (tertiary/aromatic N) is 1. The topological polar surface area (TPSA) is 48.0 Å². The molecule has 168 valence electrons. The Morgan fingerprint density at radius 1 is 0.879 bits per heavy atom. The minimum atomic E-state index is -0.114. The summed E-state index contributed by atoms with van der Waals surface area (Å²) >= 11 is 6.74. The fourth-order valence-electron chi connectivity index (χ4n) is 3.24. The van der Waals surface area contributed by atoms with Gasteiger partial charge in [-0.1, -0.05) is 60.4 Å². The number of anilines is 1. The third kappa shape index (κ3) is 5.94. The predicted octanol–water partition coefficient (Wildman–Crippen LogP) is 5.95. The second-order valence-electron chi connectivity index (χ2n) is 7.15. The molecule has 7 heteroatoms. The summed E-state index contributed by atoms with van der Waals surface area (Å²) in [7, 11) is 1.63. The Balaban J connectivity index is 1.32. The van der Waals surface area contributed by atoms with Gasteiger partial charge in [0.15, 0.2) is 4.32 Å². The molecule has 1 aliphatic rings. The number of rotatable bonds is 9. The molecule has 4 rings (SSSR count). The zero-order valence-corrected chi connectivity index (χ0v) is 19.7. The molecule has 0 unspecified atom stereocenters. The number of amides is 1. The van der Waals surface area contributed by atoms with Crippen LogP contribution in [0.2, 0.25) is 0 Å². The number of ether oxygens (including phenoxy) is 3. The summed E-state index contributed by atoms with van der Waals surface area (Å²) in [6.45, 7) is 1.05. The van der Waals surface area contributed by atoms with E-state index >= 15 is 0 Å². The molecule has 5 nitrogen and oxygen atoms in total. The SMILES string of the molecule is COc1cccc(OCCCOc2cccc(/C=C3/SC(=S)N(c4ccccc4)C3=O)c2)c1. The summed E-state index contributed by atoms with van der Waals surface area (Å²) in [5.74, 6) is 2.16. The number of hydrogen-bond acceptors (Lipinski definition) is 6. The van der Waals surface area contributed by atoms with Crippen molar-refractivity contribution in [3.8, 4) is 17.2 Å². The smallest absolute Gasteiger partial charge is 0.270 e. The molecule has 0 bridgehead atoms. The molecule has 0 aromatic heterocycles. The normalized spacial score (nSPS) is 14.6.